The molecule has 0 aliphatic rings. The maximum atomic E-state index is 11.4. The highest BCUT2D eigenvalue weighted by atomic mass is 16.5. The second-order valence-corrected chi connectivity index (χ2v) is 4.22. The number of hydrogen-bond donors (Lipinski definition) is 1. The quantitative estimate of drug-likeness (QED) is 0.660. The molecule has 2 aromatic carbocycles. The summed E-state index contributed by atoms with van der Waals surface area (Å²) in [7, 11) is 0. The minimum absolute atomic E-state index is 0.0674. The van der Waals surface area contributed by atoms with Crippen molar-refractivity contribution >= 4 is 11.5 Å². The fourth-order valence-corrected chi connectivity index (χ4v) is 1.72. The Balaban J connectivity index is 2.30. The zero-order valence-electron chi connectivity index (χ0n) is 10.4. The lowest BCUT2D eigenvalue weighted by molar-refractivity contribution is 0.101. The number of carbonyl (C=O) groups is 1. The lowest BCUT2D eigenvalue weighted by atomic mass is 10.1. The van der Waals surface area contributed by atoms with Crippen LogP contribution in [0.5, 0.6) is 11.5 Å². The molecule has 0 aliphatic heterocycles. The predicted octanol–water partition coefficient (Wildman–Crippen LogP) is 3.57. The van der Waals surface area contributed by atoms with E-state index < -0.39 is 0 Å². The molecule has 0 aliphatic carbocycles. The Morgan fingerprint density at radius 3 is 2.50 bits per heavy atom. The molecule has 2 aromatic rings. The molecule has 18 heavy (non-hydrogen) atoms. The van der Waals surface area contributed by atoms with Crippen LogP contribution in [0, 0.1) is 6.92 Å². The average Bonchev–Trinajstić information content (AvgIpc) is 2.31. The van der Waals surface area contributed by atoms with Crippen LogP contribution in [-0.4, -0.2) is 5.78 Å². The van der Waals surface area contributed by atoms with E-state index in [9.17, 15) is 4.79 Å². The number of hydrogen-bond acceptors (Lipinski definition) is 3. The van der Waals surface area contributed by atoms with Gasteiger partial charge in [0, 0.05) is 11.3 Å². The molecule has 3 heteroatoms. The van der Waals surface area contributed by atoms with Crippen LogP contribution in [0.1, 0.15) is 22.8 Å². The van der Waals surface area contributed by atoms with Crippen molar-refractivity contribution < 1.29 is 9.53 Å². The number of benzene rings is 2. The number of Topliss-reactive ketones (excluding diaryl/α,β-unsaturated/α-hetero) is 1. The molecule has 2 rings (SSSR count). The van der Waals surface area contributed by atoms with Gasteiger partial charge in [-0.2, -0.15) is 0 Å². The van der Waals surface area contributed by atoms with Gasteiger partial charge in [0.15, 0.2) is 5.78 Å². The highest BCUT2D eigenvalue weighted by molar-refractivity contribution is 5.99. The van der Waals surface area contributed by atoms with Gasteiger partial charge in [0.1, 0.15) is 11.5 Å². The lowest BCUT2D eigenvalue weighted by Crippen LogP contribution is -1.99. The Morgan fingerprint density at radius 1 is 1.11 bits per heavy atom. The first-order valence-electron chi connectivity index (χ1n) is 5.71. The topological polar surface area (TPSA) is 52.3 Å². The molecule has 0 atom stereocenters. The van der Waals surface area contributed by atoms with E-state index >= 15 is 0 Å². The molecule has 0 amide bonds. The highest BCUT2D eigenvalue weighted by Crippen LogP contribution is 2.25. The van der Waals surface area contributed by atoms with Gasteiger partial charge in [-0.15, -0.1) is 0 Å². The summed E-state index contributed by atoms with van der Waals surface area (Å²) in [5.74, 6) is 1.29. The van der Waals surface area contributed by atoms with E-state index in [0.29, 0.717) is 17.0 Å². The molecule has 0 aromatic heterocycles. The van der Waals surface area contributed by atoms with Gasteiger partial charge in [0.25, 0.3) is 0 Å². The van der Waals surface area contributed by atoms with Crippen LogP contribution in [0.4, 0.5) is 5.69 Å². The monoisotopic (exact) mass is 241 g/mol. The molecule has 2 N–H and O–H groups in total. The third kappa shape index (κ3) is 2.69. The van der Waals surface area contributed by atoms with Crippen molar-refractivity contribution in [1.82, 2.24) is 0 Å². The van der Waals surface area contributed by atoms with Gasteiger partial charge < -0.3 is 10.5 Å². The Hall–Kier alpha value is -2.29. The predicted molar refractivity (Wildman–Crippen MR) is 72.1 cm³/mol. The van der Waals surface area contributed by atoms with Crippen molar-refractivity contribution in [3.05, 3.63) is 53.6 Å². The highest BCUT2D eigenvalue weighted by Gasteiger charge is 2.07. The molecule has 0 saturated carbocycles. The van der Waals surface area contributed by atoms with Crippen molar-refractivity contribution in [3.8, 4) is 11.5 Å². The van der Waals surface area contributed by atoms with Crippen molar-refractivity contribution in [2.24, 2.45) is 0 Å². The Morgan fingerprint density at radius 2 is 1.83 bits per heavy atom. The molecule has 0 bridgehead atoms. The third-order valence-corrected chi connectivity index (χ3v) is 2.63. The maximum Gasteiger partial charge on any atom is 0.162 e. The van der Waals surface area contributed by atoms with Gasteiger partial charge in [-0.1, -0.05) is 12.1 Å². The normalized spacial score (nSPS) is 10.1. The number of rotatable bonds is 3. The van der Waals surface area contributed by atoms with Crippen molar-refractivity contribution in [1.29, 1.82) is 0 Å². The van der Waals surface area contributed by atoms with Crippen LogP contribution < -0.4 is 10.5 Å². The lowest BCUT2D eigenvalue weighted by Gasteiger charge is -2.09. The summed E-state index contributed by atoms with van der Waals surface area (Å²) in [5, 5.41) is 0. The minimum Gasteiger partial charge on any atom is -0.457 e. The summed E-state index contributed by atoms with van der Waals surface area (Å²) in [6.45, 7) is 3.49. The summed E-state index contributed by atoms with van der Waals surface area (Å²) < 4.78 is 5.70. The number of anilines is 1. The van der Waals surface area contributed by atoms with E-state index in [1.165, 1.54) is 6.92 Å². The SMILES string of the molecule is CC(=O)c1cc(Oc2cccc(C)c2)ccc1N. The Labute approximate surface area is 106 Å². The minimum atomic E-state index is -0.0674. The van der Waals surface area contributed by atoms with Crippen LogP contribution >= 0.6 is 0 Å². The number of ether oxygens (including phenoxy) is 1. The summed E-state index contributed by atoms with van der Waals surface area (Å²) in [4.78, 5) is 11.4. The summed E-state index contributed by atoms with van der Waals surface area (Å²) >= 11 is 0. The second kappa shape index (κ2) is 4.92. The second-order valence-electron chi connectivity index (χ2n) is 4.22. The summed E-state index contributed by atoms with van der Waals surface area (Å²) in [5.41, 5.74) is 7.81. The van der Waals surface area contributed by atoms with E-state index in [-0.39, 0.29) is 5.78 Å². The molecular formula is C15H15NO2. The molecule has 92 valence electrons. The molecule has 0 fully saturated rings. The van der Waals surface area contributed by atoms with Gasteiger partial charge in [-0.25, -0.2) is 0 Å². The standard InChI is InChI=1S/C15H15NO2/c1-10-4-3-5-12(8-10)18-13-6-7-15(16)14(9-13)11(2)17/h3-9H,16H2,1-2H3. The zero-order valence-corrected chi connectivity index (χ0v) is 10.4. The number of carbonyl (C=O) groups excluding carboxylic acids is 1. The molecule has 0 saturated heterocycles. The summed E-state index contributed by atoms with van der Waals surface area (Å²) in [6.07, 6.45) is 0. The van der Waals surface area contributed by atoms with Crippen LogP contribution in [-0.2, 0) is 0 Å². The number of aryl methyl sites for hydroxylation is 1. The third-order valence-electron chi connectivity index (χ3n) is 2.63. The number of ketones is 1. The van der Waals surface area contributed by atoms with Gasteiger partial charge in [0.2, 0.25) is 0 Å². The van der Waals surface area contributed by atoms with E-state index in [2.05, 4.69) is 0 Å². The maximum absolute atomic E-state index is 11.4. The Kier molecular flexibility index (Phi) is 3.33. The van der Waals surface area contributed by atoms with E-state index in [1.54, 1.807) is 18.2 Å². The van der Waals surface area contributed by atoms with E-state index in [0.717, 1.165) is 11.3 Å². The van der Waals surface area contributed by atoms with Crippen LogP contribution in [0.25, 0.3) is 0 Å². The Bertz CT molecular complexity index is 591. The first kappa shape index (κ1) is 12.2. The van der Waals surface area contributed by atoms with Gasteiger partial charge in [0.05, 0.1) is 0 Å². The average molecular weight is 241 g/mol. The first-order valence-corrected chi connectivity index (χ1v) is 5.71. The molecule has 3 nitrogen and oxygen atoms in total. The first-order chi connectivity index (χ1) is 8.56. The van der Waals surface area contributed by atoms with Gasteiger partial charge in [-0.05, 0) is 49.7 Å². The summed E-state index contributed by atoms with van der Waals surface area (Å²) in [6, 6.07) is 12.8. The number of nitrogen functional groups attached to an aromatic ring is 1. The van der Waals surface area contributed by atoms with Crippen molar-refractivity contribution in [2.45, 2.75) is 13.8 Å². The van der Waals surface area contributed by atoms with Gasteiger partial charge >= 0.3 is 0 Å². The smallest absolute Gasteiger partial charge is 0.162 e. The molecule has 0 radical (unpaired) electrons. The fourth-order valence-electron chi connectivity index (χ4n) is 1.72. The van der Waals surface area contributed by atoms with E-state index in [1.807, 2.05) is 31.2 Å². The van der Waals surface area contributed by atoms with Crippen LogP contribution in [0.15, 0.2) is 42.5 Å². The van der Waals surface area contributed by atoms with Crippen LogP contribution in [0.3, 0.4) is 0 Å². The zero-order chi connectivity index (χ0) is 13.1. The number of nitrogens with two attached hydrogens (primary N) is 1. The van der Waals surface area contributed by atoms with Gasteiger partial charge in [-0.3, -0.25) is 4.79 Å². The van der Waals surface area contributed by atoms with Crippen molar-refractivity contribution in [3.63, 3.8) is 0 Å². The molecular weight excluding hydrogens is 226 g/mol. The molecule has 0 heterocycles. The largest absolute Gasteiger partial charge is 0.457 e. The molecule has 0 spiro atoms. The molecule has 0 unspecified atom stereocenters. The van der Waals surface area contributed by atoms with Crippen molar-refractivity contribution in [2.75, 3.05) is 5.73 Å². The fraction of sp³-hybridized carbons (Fsp3) is 0.133. The van der Waals surface area contributed by atoms with E-state index in [4.69, 9.17) is 10.5 Å². The van der Waals surface area contributed by atoms with Crippen LogP contribution in [0.2, 0.25) is 0 Å².